The fraction of sp³-hybridized carbons (Fsp3) is 0. The number of benzene rings is 8. The fourth-order valence-electron chi connectivity index (χ4n) is 8.69. The molecule has 4 aromatic heterocycles. The molecule has 0 aliphatic carbocycles. The van der Waals surface area contributed by atoms with Crippen LogP contribution >= 0.6 is 0 Å². The van der Waals surface area contributed by atoms with E-state index in [1.807, 2.05) is 60.7 Å². The molecule has 0 N–H and O–H groups in total. The van der Waals surface area contributed by atoms with E-state index in [0.29, 0.717) is 17.5 Å². The molecule has 0 saturated carbocycles. The van der Waals surface area contributed by atoms with Gasteiger partial charge in [-0.2, -0.15) is 0 Å². The average molecular weight is 730 g/mol. The largest absolute Gasteiger partial charge is 0.456 e. The van der Waals surface area contributed by atoms with Crippen molar-refractivity contribution in [1.29, 1.82) is 0 Å². The van der Waals surface area contributed by atoms with Gasteiger partial charge < -0.3 is 13.6 Å². The zero-order valence-corrected chi connectivity index (χ0v) is 30.5. The molecule has 12 aromatic rings. The van der Waals surface area contributed by atoms with Gasteiger partial charge in [-0.05, 0) is 66.7 Å². The van der Waals surface area contributed by atoms with Crippen LogP contribution in [-0.2, 0) is 0 Å². The predicted octanol–water partition coefficient (Wildman–Crippen LogP) is 13.0. The topological polar surface area (TPSA) is 61.7 Å². The Labute approximate surface area is 326 Å². The Bertz CT molecular complexity index is 3510. The van der Waals surface area contributed by atoms with E-state index in [2.05, 4.69) is 137 Å². The maximum atomic E-state index is 6.25. The summed E-state index contributed by atoms with van der Waals surface area (Å²) in [5, 5.41) is 6.93. The van der Waals surface area contributed by atoms with E-state index >= 15 is 0 Å². The van der Waals surface area contributed by atoms with Gasteiger partial charge in [0.05, 0.1) is 22.1 Å². The molecule has 0 atom stereocenters. The predicted molar refractivity (Wildman–Crippen MR) is 232 cm³/mol. The van der Waals surface area contributed by atoms with Gasteiger partial charge in [0.1, 0.15) is 11.2 Å². The third-order valence-corrected chi connectivity index (χ3v) is 11.2. The van der Waals surface area contributed by atoms with Gasteiger partial charge in [0.15, 0.2) is 17.5 Å². The molecule has 12 rings (SSSR count). The van der Waals surface area contributed by atoms with Crippen molar-refractivity contribution in [2.75, 3.05) is 0 Å². The molecule has 0 saturated heterocycles. The first-order valence-electron chi connectivity index (χ1n) is 19.1. The maximum absolute atomic E-state index is 6.25. The second kappa shape index (κ2) is 12.3. The zero-order chi connectivity index (χ0) is 37.5. The SMILES string of the molecule is c1ccc(-c2nc(-c3ccc(-n4c5ccccc5c5c4ccc4c6ccccc6n(-c6ccccc6)c45)cc3)nc(-c3cccc4oc5ccccc5c34)n2)cc1. The Kier molecular flexibility index (Phi) is 6.83. The standard InChI is InChI=1S/C51H31N5O/c1-3-14-32(15-4-1)49-52-50(54-51(53-49)40-21-13-25-45-46(40)39-20-9-12-24-44(39)57-45)33-26-28-35(29-27-33)55-42-23-11-8-19-38(42)47-43(55)31-30-37-36-18-7-10-22-41(36)56(48(37)47)34-16-5-2-6-17-34/h1-31H. The molecule has 0 unspecified atom stereocenters. The number of para-hydroxylation sites is 4. The summed E-state index contributed by atoms with van der Waals surface area (Å²) in [7, 11) is 0. The fourth-order valence-corrected chi connectivity index (χ4v) is 8.69. The van der Waals surface area contributed by atoms with Crippen molar-refractivity contribution in [1.82, 2.24) is 24.1 Å². The van der Waals surface area contributed by atoms with Crippen LogP contribution < -0.4 is 0 Å². The number of hydrogen-bond acceptors (Lipinski definition) is 4. The first kappa shape index (κ1) is 31.5. The molecule has 0 aliphatic heterocycles. The molecular weight excluding hydrogens is 699 g/mol. The lowest BCUT2D eigenvalue weighted by Crippen LogP contribution is -2.01. The highest BCUT2D eigenvalue weighted by Crippen LogP contribution is 2.42. The van der Waals surface area contributed by atoms with Crippen molar-refractivity contribution in [3.8, 4) is 45.5 Å². The van der Waals surface area contributed by atoms with E-state index in [0.717, 1.165) is 61.0 Å². The van der Waals surface area contributed by atoms with Gasteiger partial charge in [-0.3, -0.25) is 0 Å². The molecule has 8 aromatic carbocycles. The van der Waals surface area contributed by atoms with E-state index in [4.69, 9.17) is 19.4 Å². The highest BCUT2D eigenvalue weighted by molar-refractivity contribution is 6.26. The Balaban J connectivity index is 1.05. The molecule has 0 radical (unpaired) electrons. The lowest BCUT2D eigenvalue weighted by Gasteiger charge is -2.11. The number of nitrogens with zero attached hydrogens (tertiary/aromatic N) is 5. The minimum Gasteiger partial charge on any atom is -0.456 e. The minimum atomic E-state index is 0.598. The summed E-state index contributed by atoms with van der Waals surface area (Å²) in [4.78, 5) is 15.3. The monoisotopic (exact) mass is 729 g/mol. The van der Waals surface area contributed by atoms with Gasteiger partial charge in [-0.25, -0.2) is 15.0 Å². The molecule has 57 heavy (non-hydrogen) atoms. The number of rotatable bonds is 5. The van der Waals surface area contributed by atoms with Gasteiger partial charge in [0.2, 0.25) is 0 Å². The molecule has 0 fully saturated rings. The normalized spacial score (nSPS) is 11.9. The summed E-state index contributed by atoms with van der Waals surface area (Å²) < 4.78 is 11.0. The highest BCUT2D eigenvalue weighted by Gasteiger charge is 2.22. The maximum Gasteiger partial charge on any atom is 0.164 e. The summed E-state index contributed by atoms with van der Waals surface area (Å²) in [6, 6.07) is 65.5. The lowest BCUT2D eigenvalue weighted by atomic mass is 10.1. The number of furan rings is 1. The molecule has 6 heteroatoms. The molecule has 0 spiro atoms. The third-order valence-electron chi connectivity index (χ3n) is 11.2. The van der Waals surface area contributed by atoms with Gasteiger partial charge in [-0.1, -0.05) is 121 Å². The van der Waals surface area contributed by atoms with Crippen LogP contribution in [0.15, 0.2) is 192 Å². The average Bonchev–Trinajstić information content (AvgIpc) is 3.95. The summed E-state index contributed by atoms with van der Waals surface area (Å²) in [6.45, 7) is 0. The van der Waals surface area contributed by atoms with Crippen molar-refractivity contribution < 1.29 is 4.42 Å². The highest BCUT2D eigenvalue weighted by atomic mass is 16.3. The van der Waals surface area contributed by atoms with Crippen LogP contribution in [0, 0.1) is 0 Å². The van der Waals surface area contributed by atoms with Gasteiger partial charge in [0, 0.05) is 60.4 Å². The second-order valence-electron chi connectivity index (χ2n) is 14.4. The molecule has 4 heterocycles. The molecule has 0 aliphatic rings. The van der Waals surface area contributed by atoms with Crippen LogP contribution in [0.1, 0.15) is 0 Å². The quantitative estimate of drug-likeness (QED) is 0.177. The Hall–Kier alpha value is -7.83. The minimum absolute atomic E-state index is 0.598. The summed E-state index contributed by atoms with van der Waals surface area (Å²) in [5.74, 6) is 1.82. The van der Waals surface area contributed by atoms with Gasteiger partial charge >= 0.3 is 0 Å². The smallest absolute Gasteiger partial charge is 0.164 e. The second-order valence-corrected chi connectivity index (χ2v) is 14.4. The van der Waals surface area contributed by atoms with Crippen molar-refractivity contribution in [2.45, 2.75) is 0 Å². The van der Waals surface area contributed by atoms with Crippen LogP contribution in [0.25, 0.3) is 111 Å². The molecule has 0 bridgehead atoms. The van der Waals surface area contributed by atoms with E-state index in [9.17, 15) is 0 Å². The first-order chi connectivity index (χ1) is 28.3. The number of aromatic nitrogens is 5. The van der Waals surface area contributed by atoms with Crippen LogP contribution in [0.2, 0.25) is 0 Å². The van der Waals surface area contributed by atoms with Crippen molar-refractivity contribution in [3.05, 3.63) is 188 Å². The Morgan fingerprint density at radius 2 is 0.912 bits per heavy atom. The van der Waals surface area contributed by atoms with Crippen molar-refractivity contribution in [3.63, 3.8) is 0 Å². The Morgan fingerprint density at radius 1 is 0.333 bits per heavy atom. The molecular formula is C51H31N5O. The first-order valence-corrected chi connectivity index (χ1v) is 19.1. The number of hydrogen-bond donors (Lipinski definition) is 0. The zero-order valence-electron chi connectivity index (χ0n) is 30.5. The van der Waals surface area contributed by atoms with Crippen LogP contribution in [0.5, 0.6) is 0 Å². The van der Waals surface area contributed by atoms with Crippen molar-refractivity contribution >= 4 is 65.6 Å². The molecule has 6 nitrogen and oxygen atoms in total. The summed E-state index contributed by atoms with van der Waals surface area (Å²) >= 11 is 0. The lowest BCUT2D eigenvalue weighted by molar-refractivity contribution is 0.669. The van der Waals surface area contributed by atoms with E-state index < -0.39 is 0 Å². The summed E-state index contributed by atoms with van der Waals surface area (Å²) in [6.07, 6.45) is 0. The van der Waals surface area contributed by atoms with Crippen LogP contribution in [-0.4, -0.2) is 24.1 Å². The summed E-state index contributed by atoms with van der Waals surface area (Å²) in [5.41, 5.74) is 11.2. The van der Waals surface area contributed by atoms with Crippen LogP contribution in [0.3, 0.4) is 0 Å². The molecule has 0 amide bonds. The van der Waals surface area contributed by atoms with E-state index in [-0.39, 0.29) is 0 Å². The third kappa shape index (κ3) is 4.81. The van der Waals surface area contributed by atoms with E-state index in [1.165, 1.54) is 32.6 Å². The number of fused-ring (bicyclic) bond motifs is 10. The van der Waals surface area contributed by atoms with Gasteiger partial charge in [-0.15, -0.1) is 0 Å². The Morgan fingerprint density at radius 3 is 1.68 bits per heavy atom. The van der Waals surface area contributed by atoms with Crippen molar-refractivity contribution in [2.24, 2.45) is 0 Å². The van der Waals surface area contributed by atoms with E-state index in [1.54, 1.807) is 0 Å². The molecule has 266 valence electrons. The van der Waals surface area contributed by atoms with Crippen LogP contribution in [0.4, 0.5) is 0 Å². The van der Waals surface area contributed by atoms with Gasteiger partial charge in [0.25, 0.3) is 0 Å².